The minimum absolute atomic E-state index is 0.651. The van der Waals surface area contributed by atoms with Gasteiger partial charge in [0.2, 0.25) is 0 Å². The van der Waals surface area contributed by atoms with E-state index in [0.717, 1.165) is 35.8 Å². The lowest BCUT2D eigenvalue weighted by Crippen LogP contribution is -2.23. The van der Waals surface area contributed by atoms with Crippen LogP contribution in [0.1, 0.15) is 5.56 Å². The minimum atomic E-state index is 0.651. The first-order chi connectivity index (χ1) is 9.75. The topological polar surface area (TPSA) is 21.3 Å². The molecule has 2 nitrogen and oxygen atoms in total. The van der Waals surface area contributed by atoms with Crippen molar-refractivity contribution < 1.29 is 4.74 Å². The Bertz CT molecular complexity index is 531. The van der Waals surface area contributed by atoms with Crippen molar-refractivity contribution in [2.45, 2.75) is 6.42 Å². The van der Waals surface area contributed by atoms with E-state index in [0.29, 0.717) is 11.6 Å². The highest BCUT2D eigenvalue weighted by Gasteiger charge is 2.00. The van der Waals surface area contributed by atoms with Crippen molar-refractivity contribution >= 4 is 23.2 Å². The highest BCUT2D eigenvalue weighted by molar-refractivity contribution is 6.35. The number of nitrogens with one attached hydrogen (secondary N) is 1. The van der Waals surface area contributed by atoms with Crippen molar-refractivity contribution in [3.8, 4) is 5.75 Å². The zero-order valence-electron chi connectivity index (χ0n) is 11.1. The van der Waals surface area contributed by atoms with Gasteiger partial charge in [-0.1, -0.05) is 47.5 Å². The van der Waals surface area contributed by atoms with Gasteiger partial charge < -0.3 is 10.1 Å². The van der Waals surface area contributed by atoms with Gasteiger partial charge in [-0.25, -0.2) is 0 Å². The second-order valence-electron chi connectivity index (χ2n) is 4.40. The first kappa shape index (κ1) is 15.2. The molecular formula is C16H17Cl2NO. The van der Waals surface area contributed by atoms with E-state index in [1.807, 2.05) is 42.5 Å². The third-order valence-corrected chi connectivity index (χ3v) is 3.46. The first-order valence-corrected chi connectivity index (χ1v) is 7.34. The van der Waals surface area contributed by atoms with E-state index < -0.39 is 0 Å². The van der Waals surface area contributed by atoms with Crippen molar-refractivity contribution in [2.75, 3.05) is 19.7 Å². The molecule has 0 aliphatic carbocycles. The van der Waals surface area contributed by atoms with Crippen LogP contribution in [0.15, 0.2) is 48.5 Å². The highest BCUT2D eigenvalue weighted by Crippen LogP contribution is 2.20. The molecule has 0 bridgehead atoms. The normalized spacial score (nSPS) is 10.5. The Morgan fingerprint density at radius 2 is 1.75 bits per heavy atom. The summed E-state index contributed by atoms with van der Waals surface area (Å²) in [6, 6.07) is 15.4. The van der Waals surface area contributed by atoms with E-state index in [2.05, 4.69) is 5.32 Å². The van der Waals surface area contributed by atoms with Gasteiger partial charge in [-0.2, -0.15) is 0 Å². The summed E-state index contributed by atoms with van der Waals surface area (Å²) >= 11 is 12.0. The van der Waals surface area contributed by atoms with Gasteiger partial charge in [0.15, 0.2) is 0 Å². The van der Waals surface area contributed by atoms with Gasteiger partial charge in [-0.05, 0) is 42.8 Å². The van der Waals surface area contributed by atoms with Crippen LogP contribution in [0, 0.1) is 0 Å². The monoisotopic (exact) mass is 309 g/mol. The van der Waals surface area contributed by atoms with Crippen LogP contribution in [-0.2, 0) is 6.42 Å². The molecule has 0 atom stereocenters. The van der Waals surface area contributed by atoms with Crippen LogP contribution in [-0.4, -0.2) is 19.7 Å². The summed E-state index contributed by atoms with van der Waals surface area (Å²) in [6.07, 6.45) is 0.876. The summed E-state index contributed by atoms with van der Waals surface area (Å²) in [7, 11) is 0. The molecule has 0 aromatic heterocycles. The van der Waals surface area contributed by atoms with Gasteiger partial charge in [0, 0.05) is 16.6 Å². The number of hydrogen-bond acceptors (Lipinski definition) is 2. The Hall–Kier alpha value is -1.22. The Morgan fingerprint density at radius 3 is 2.50 bits per heavy atom. The summed E-state index contributed by atoms with van der Waals surface area (Å²) in [5.74, 6) is 0.898. The van der Waals surface area contributed by atoms with E-state index in [1.54, 1.807) is 6.07 Å². The second-order valence-corrected chi connectivity index (χ2v) is 5.24. The molecule has 0 saturated carbocycles. The third kappa shape index (κ3) is 5.04. The van der Waals surface area contributed by atoms with Crippen LogP contribution < -0.4 is 10.1 Å². The molecule has 0 heterocycles. The Kier molecular flexibility index (Phi) is 6.19. The predicted octanol–water partition coefficient (Wildman–Crippen LogP) is 4.20. The Balaban J connectivity index is 1.62. The average molecular weight is 310 g/mol. The van der Waals surface area contributed by atoms with Crippen LogP contribution in [0.3, 0.4) is 0 Å². The number of ether oxygens (including phenoxy) is 1. The smallest absolute Gasteiger partial charge is 0.119 e. The van der Waals surface area contributed by atoms with E-state index in [9.17, 15) is 0 Å². The summed E-state index contributed by atoms with van der Waals surface area (Å²) in [6.45, 7) is 2.32. The number of hydrogen-bond donors (Lipinski definition) is 1. The summed E-state index contributed by atoms with van der Waals surface area (Å²) in [5, 5.41) is 4.72. The van der Waals surface area contributed by atoms with Crippen molar-refractivity contribution in [2.24, 2.45) is 0 Å². The summed E-state index contributed by atoms with van der Waals surface area (Å²) in [4.78, 5) is 0. The number of para-hydroxylation sites is 1. The van der Waals surface area contributed by atoms with Crippen LogP contribution in [0.4, 0.5) is 0 Å². The van der Waals surface area contributed by atoms with E-state index >= 15 is 0 Å². The van der Waals surface area contributed by atoms with Crippen molar-refractivity contribution in [1.82, 2.24) is 5.32 Å². The van der Waals surface area contributed by atoms with Crippen LogP contribution >= 0.6 is 23.2 Å². The van der Waals surface area contributed by atoms with E-state index in [1.165, 1.54) is 0 Å². The lowest BCUT2D eigenvalue weighted by molar-refractivity contribution is 0.314. The highest BCUT2D eigenvalue weighted by atomic mass is 35.5. The molecule has 0 fully saturated rings. The molecule has 0 aliphatic heterocycles. The van der Waals surface area contributed by atoms with Crippen molar-refractivity contribution in [1.29, 1.82) is 0 Å². The van der Waals surface area contributed by atoms with Crippen LogP contribution in [0.5, 0.6) is 5.75 Å². The quantitative estimate of drug-likeness (QED) is 0.774. The molecule has 106 valence electrons. The molecule has 4 heteroatoms. The SMILES string of the molecule is Clc1ccc(CCNCCOc2ccccc2)c(Cl)c1. The molecule has 2 aromatic rings. The molecule has 20 heavy (non-hydrogen) atoms. The minimum Gasteiger partial charge on any atom is -0.492 e. The number of rotatable bonds is 7. The fraction of sp³-hybridized carbons (Fsp3) is 0.250. The fourth-order valence-electron chi connectivity index (χ4n) is 1.83. The molecular weight excluding hydrogens is 293 g/mol. The van der Waals surface area contributed by atoms with E-state index in [4.69, 9.17) is 27.9 Å². The van der Waals surface area contributed by atoms with Crippen molar-refractivity contribution in [3.63, 3.8) is 0 Å². The fourth-order valence-corrected chi connectivity index (χ4v) is 2.33. The standard InChI is InChI=1S/C16H17Cl2NO/c17-14-7-6-13(16(18)12-14)8-9-19-10-11-20-15-4-2-1-3-5-15/h1-7,12,19H,8-11H2. The van der Waals surface area contributed by atoms with Gasteiger partial charge in [-0.3, -0.25) is 0 Å². The second kappa shape index (κ2) is 8.15. The maximum atomic E-state index is 6.11. The van der Waals surface area contributed by atoms with Gasteiger partial charge in [0.25, 0.3) is 0 Å². The molecule has 0 amide bonds. The van der Waals surface area contributed by atoms with Gasteiger partial charge in [-0.15, -0.1) is 0 Å². The molecule has 0 unspecified atom stereocenters. The van der Waals surface area contributed by atoms with E-state index in [-0.39, 0.29) is 0 Å². The molecule has 0 aliphatic rings. The molecule has 1 N–H and O–H groups in total. The molecule has 2 rings (SSSR count). The predicted molar refractivity (Wildman–Crippen MR) is 85.0 cm³/mol. The molecule has 0 spiro atoms. The van der Waals surface area contributed by atoms with Crippen LogP contribution in [0.25, 0.3) is 0 Å². The van der Waals surface area contributed by atoms with Gasteiger partial charge >= 0.3 is 0 Å². The zero-order chi connectivity index (χ0) is 14.2. The lowest BCUT2D eigenvalue weighted by atomic mass is 10.1. The lowest BCUT2D eigenvalue weighted by Gasteiger charge is -2.08. The Labute approximate surface area is 129 Å². The number of halogens is 2. The van der Waals surface area contributed by atoms with Crippen LogP contribution in [0.2, 0.25) is 10.0 Å². The maximum absolute atomic E-state index is 6.11. The molecule has 2 aromatic carbocycles. The maximum Gasteiger partial charge on any atom is 0.119 e. The average Bonchev–Trinajstić information content (AvgIpc) is 2.46. The first-order valence-electron chi connectivity index (χ1n) is 6.58. The third-order valence-electron chi connectivity index (χ3n) is 2.88. The molecule has 0 saturated heterocycles. The van der Waals surface area contributed by atoms with Crippen molar-refractivity contribution in [3.05, 3.63) is 64.1 Å². The van der Waals surface area contributed by atoms with Gasteiger partial charge in [0.05, 0.1) is 0 Å². The summed E-state index contributed by atoms with van der Waals surface area (Å²) < 4.78 is 5.59. The van der Waals surface area contributed by atoms with Gasteiger partial charge in [0.1, 0.15) is 12.4 Å². The number of benzene rings is 2. The Morgan fingerprint density at radius 1 is 0.950 bits per heavy atom. The molecule has 0 radical (unpaired) electrons. The summed E-state index contributed by atoms with van der Waals surface area (Å²) in [5.41, 5.74) is 1.10. The largest absolute Gasteiger partial charge is 0.492 e. The zero-order valence-corrected chi connectivity index (χ0v) is 12.6.